The summed E-state index contributed by atoms with van der Waals surface area (Å²) in [4.78, 5) is 25.4. The maximum absolute atomic E-state index is 12.3. The summed E-state index contributed by atoms with van der Waals surface area (Å²) in [5, 5.41) is 10.6. The Morgan fingerprint density at radius 3 is 2.56 bits per heavy atom. The third-order valence-electron chi connectivity index (χ3n) is 4.26. The molecular weight excluding hydrogens is 322 g/mol. The van der Waals surface area contributed by atoms with Gasteiger partial charge in [0.25, 0.3) is 5.91 Å². The van der Waals surface area contributed by atoms with Crippen molar-refractivity contribution in [2.24, 2.45) is 0 Å². The lowest BCUT2D eigenvalue weighted by atomic mass is 10.2. The van der Waals surface area contributed by atoms with Crippen LogP contribution in [0.5, 0.6) is 0 Å². The first-order valence-electron chi connectivity index (χ1n) is 8.22. The zero-order valence-corrected chi connectivity index (χ0v) is 13.8. The number of nitrogens with one attached hydrogen (secondary N) is 1. The maximum Gasteiger partial charge on any atom is 0.433 e. The molecule has 1 saturated heterocycles. The average molecular weight is 342 g/mol. The molecule has 1 aromatic heterocycles. The molecule has 2 aromatic rings. The number of hydrogen-bond acceptors (Lipinski definition) is 4. The Balaban J connectivity index is 1.48. The summed E-state index contributed by atoms with van der Waals surface area (Å²) in [5.41, 5.74) is 1.18. The van der Waals surface area contributed by atoms with Crippen molar-refractivity contribution in [3.8, 4) is 0 Å². The van der Waals surface area contributed by atoms with Gasteiger partial charge in [-0.15, -0.1) is 0 Å². The van der Waals surface area contributed by atoms with E-state index in [1.807, 2.05) is 18.2 Å². The van der Waals surface area contributed by atoms with Crippen LogP contribution in [0.4, 0.5) is 5.88 Å². The van der Waals surface area contributed by atoms with Crippen molar-refractivity contribution in [1.29, 1.82) is 0 Å². The van der Waals surface area contributed by atoms with Gasteiger partial charge in [0, 0.05) is 0 Å². The highest BCUT2D eigenvalue weighted by molar-refractivity contribution is 5.91. The van der Waals surface area contributed by atoms with Gasteiger partial charge in [0.15, 0.2) is 5.76 Å². The first kappa shape index (κ1) is 16.9. The van der Waals surface area contributed by atoms with E-state index in [1.54, 1.807) is 4.90 Å². The maximum atomic E-state index is 12.3. The van der Waals surface area contributed by atoms with E-state index in [0.29, 0.717) is 13.1 Å². The molecular formula is C18H20N3O4+. The van der Waals surface area contributed by atoms with Crippen LogP contribution in [-0.4, -0.2) is 48.5 Å². The number of benzene rings is 1. The number of quaternary nitrogens is 1. The van der Waals surface area contributed by atoms with Crippen molar-refractivity contribution >= 4 is 17.9 Å². The molecule has 1 aliphatic heterocycles. The van der Waals surface area contributed by atoms with Crippen LogP contribution in [0.2, 0.25) is 0 Å². The van der Waals surface area contributed by atoms with Gasteiger partial charge in [-0.1, -0.05) is 36.4 Å². The number of hydrogen-bond donors (Lipinski definition) is 1. The molecule has 3 rings (SSSR count). The lowest BCUT2D eigenvalue weighted by Crippen LogP contribution is -3.14. The molecule has 0 radical (unpaired) electrons. The van der Waals surface area contributed by atoms with E-state index in [0.717, 1.165) is 19.6 Å². The molecule has 0 unspecified atom stereocenters. The second-order valence-corrected chi connectivity index (χ2v) is 5.95. The van der Waals surface area contributed by atoms with Crippen LogP contribution in [0, 0.1) is 10.1 Å². The fourth-order valence-electron chi connectivity index (χ4n) is 2.85. The molecule has 7 heteroatoms. The van der Waals surface area contributed by atoms with Gasteiger partial charge >= 0.3 is 5.88 Å². The number of carbonyl (C=O) groups is 1. The second kappa shape index (κ2) is 7.76. The summed E-state index contributed by atoms with van der Waals surface area (Å²) in [6.45, 7) is 3.81. The first-order chi connectivity index (χ1) is 12.1. The summed E-state index contributed by atoms with van der Waals surface area (Å²) >= 11 is 0. The minimum atomic E-state index is -0.641. The van der Waals surface area contributed by atoms with Crippen molar-refractivity contribution in [2.75, 3.05) is 32.7 Å². The van der Waals surface area contributed by atoms with Crippen molar-refractivity contribution in [3.05, 3.63) is 70.0 Å². The highest BCUT2D eigenvalue weighted by atomic mass is 16.6. The highest BCUT2D eigenvalue weighted by Crippen LogP contribution is 2.17. The summed E-state index contributed by atoms with van der Waals surface area (Å²) in [7, 11) is 0. The van der Waals surface area contributed by atoms with Crippen LogP contribution < -0.4 is 4.90 Å². The lowest BCUT2D eigenvalue weighted by molar-refractivity contribution is -0.898. The Bertz CT molecular complexity index is 762. The minimum Gasteiger partial charge on any atom is -0.395 e. The van der Waals surface area contributed by atoms with E-state index in [9.17, 15) is 14.9 Å². The van der Waals surface area contributed by atoms with Crippen LogP contribution >= 0.6 is 0 Å². The minimum absolute atomic E-state index is 0.0270. The molecule has 0 atom stereocenters. The van der Waals surface area contributed by atoms with Crippen molar-refractivity contribution < 1.29 is 19.0 Å². The van der Waals surface area contributed by atoms with E-state index in [4.69, 9.17) is 4.42 Å². The third kappa shape index (κ3) is 4.33. The molecule has 1 amide bonds. The predicted octanol–water partition coefficient (Wildman–Crippen LogP) is 1.24. The van der Waals surface area contributed by atoms with E-state index in [1.165, 1.54) is 22.6 Å². The Morgan fingerprint density at radius 1 is 1.20 bits per heavy atom. The van der Waals surface area contributed by atoms with Crippen LogP contribution in [0.3, 0.4) is 0 Å². The fraction of sp³-hybridized carbons (Fsp3) is 0.278. The number of nitro groups is 1. The van der Waals surface area contributed by atoms with Crippen molar-refractivity contribution in [2.45, 2.75) is 0 Å². The highest BCUT2D eigenvalue weighted by Gasteiger charge is 2.27. The van der Waals surface area contributed by atoms with Gasteiger partial charge in [-0.3, -0.25) is 14.9 Å². The van der Waals surface area contributed by atoms with Crippen molar-refractivity contribution in [3.63, 3.8) is 0 Å². The zero-order valence-electron chi connectivity index (χ0n) is 13.8. The van der Waals surface area contributed by atoms with E-state index in [-0.39, 0.29) is 11.7 Å². The third-order valence-corrected chi connectivity index (χ3v) is 4.26. The molecule has 7 nitrogen and oxygen atoms in total. The van der Waals surface area contributed by atoms with E-state index in [2.05, 4.69) is 24.3 Å². The molecule has 1 aliphatic rings. The molecule has 0 saturated carbocycles. The number of piperazine rings is 1. The monoisotopic (exact) mass is 342 g/mol. The molecule has 1 N–H and O–H groups in total. The fourth-order valence-corrected chi connectivity index (χ4v) is 2.85. The SMILES string of the molecule is O=C(c1ccc([N+](=O)[O-])o1)N1CC[NH+](CC=Cc2ccccc2)CC1. The Morgan fingerprint density at radius 2 is 1.92 bits per heavy atom. The largest absolute Gasteiger partial charge is 0.433 e. The summed E-state index contributed by atoms with van der Waals surface area (Å²) < 4.78 is 4.99. The second-order valence-electron chi connectivity index (χ2n) is 5.95. The molecule has 130 valence electrons. The van der Waals surface area contributed by atoms with Gasteiger partial charge in [0.2, 0.25) is 0 Å². The average Bonchev–Trinajstić information content (AvgIpc) is 3.13. The molecule has 0 spiro atoms. The summed E-state index contributed by atoms with van der Waals surface area (Å²) in [6.07, 6.45) is 4.25. The summed E-state index contributed by atoms with van der Waals surface area (Å²) in [6, 6.07) is 12.7. The molecule has 1 aromatic carbocycles. The van der Waals surface area contributed by atoms with Crippen LogP contribution in [0.15, 0.2) is 53.0 Å². The number of furan rings is 1. The molecule has 25 heavy (non-hydrogen) atoms. The van der Waals surface area contributed by atoms with Crippen LogP contribution in [0.25, 0.3) is 6.08 Å². The van der Waals surface area contributed by atoms with E-state index >= 15 is 0 Å². The number of amides is 1. The Kier molecular flexibility index (Phi) is 5.25. The Hall–Kier alpha value is -2.93. The lowest BCUT2D eigenvalue weighted by Gasteiger charge is -2.31. The number of nitrogens with zero attached hydrogens (tertiary/aromatic N) is 2. The number of carbonyl (C=O) groups excluding carboxylic acids is 1. The standard InChI is InChI=1S/C18H19N3O4/c22-18(16-8-9-17(25-16)21(23)24)20-13-11-19(12-14-20)10-4-7-15-5-2-1-3-6-15/h1-9H,10-14H2/p+1. The normalized spacial score (nSPS) is 15.6. The van der Waals surface area contributed by atoms with Gasteiger partial charge in [-0.25, -0.2) is 0 Å². The van der Waals surface area contributed by atoms with E-state index < -0.39 is 10.8 Å². The number of rotatable bonds is 5. The zero-order chi connectivity index (χ0) is 17.6. The van der Waals surface area contributed by atoms with Gasteiger partial charge in [-0.2, -0.15) is 0 Å². The molecule has 0 aliphatic carbocycles. The molecule has 0 bridgehead atoms. The predicted molar refractivity (Wildman–Crippen MR) is 92.3 cm³/mol. The van der Waals surface area contributed by atoms with Gasteiger partial charge in [0.05, 0.1) is 38.8 Å². The van der Waals surface area contributed by atoms with Crippen LogP contribution in [0.1, 0.15) is 16.1 Å². The van der Waals surface area contributed by atoms with Gasteiger partial charge < -0.3 is 14.2 Å². The first-order valence-corrected chi connectivity index (χ1v) is 8.22. The van der Waals surface area contributed by atoms with Gasteiger partial charge in [-0.05, 0) is 17.7 Å². The van der Waals surface area contributed by atoms with Crippen molar-refractivity contribution in [1.82, 2.24) is 4.90 Å². The topological polar surface area (TPSA) is 81.0 Å². The molecule has 1 fully saturated rings. The van der Waals surface area contributed by atoms with Crippen LogP contribution in [-0.2, 0) is 0 Å². The van der Waals surface area contributed by atoms with Gasteiger partial charge in [0.1, 0.15) is 4.92 Å². The summed E-state index contributed by atoms with van der Waals surface area (Å²) in [5.74, 6) is -0.662. The quantitative estimate of drug-likeness (QED) is 0.655. The molecule has 2 heterocycles. The smallest absolute Gasteiger partial charge is 0.395 e. The Labute approximate surface area is 145 Å².